The molecule has 0 saturated carbocycles. The van der Waals surface area contributed by atoms with Crippen molar-refractivity contribution in [1.29, 1.82) is 0 Å². The van der Waals surface area contributed by atoms with Gasteiger partial charge in [-0.2, -0.15) is 0 Å². The van der Waals surface area contributed by atoms with Crippen LogP contribution in [-0.4, -0.2) is 30.5 Å². The van der Waals surface area contributed by atoms with Crippen LogP contribution in [0.2, 0.25) is 0 Å². The van der Waals surface area contributed by atoms with E-state index in [0.717, 1.165) is 24.8 Å². The topological polar surface area (TPSA) is 98.5 Å². The zero-order valence-corrected chi connectivity index (χ0v) is 13.3. The van der Waals surface area contributed by atoms with Crippen molar-refractivity contribution in [2.24, 2.45) is 0 Å². The number of ether oxygens (including phenoxy) is 1. The molecule has 2 rings (SSSR count). The molecule has 1 N–H and O–H groups in total. The molecule has 7 nitrogen and oxygen atoms in total. The summed E-state index contributed by atoms with van der Waals surface area (Å²) in [5.41, 5.74) is 0.344. The van der Waals surface area contributed by atoms with Crippen molar-refractivity contribution in [2.45, 2.75) is 0 Å². The minimum Gasteiger partial charge on any atom is -0.465 e. The van der Waals surface area contributed by atoms with Crippen molar-refractivity contribution in [1.82, 2.24) is 5.32 Å². The van der Waals surface area contributed by atoms with Crippen molar-refractivity contribution in [3.63, 3.8) is 0 Å². The first-order chi connectivity index (χ1) is 12.0. The predicted octanol–water partition coefficient (Wildman–Crippen LogP) is 2.16. The van der Waals surface area contributed by atoms with Crippen molar-refractivity contribution in [3.8, 4) is 11.8 Å². The highest BCUT2D eigenvalue weighted by Crippen LogP contribution is 2.18. The molecule has 2 aromatic carbocycles. The van der Waals surface area contributed by atoms with E-state index in [4.69, 9.17) is 0 Å². The van der Waals surface area contributed by atoms with E-state index in [1.807, 2.05) is 30.3 Å². The summed E-state index contributed by atoms with van der Waals surface area (Å²) in [4.78, 5) is 34.0. The second-order valence-corrected chi connectivity index (χ2v) is 4.87. The first-order valence-electron chi connectivity index (χ1n) is 7.21. The Morgan fingerprint density at radius 3 is 2.48 bits per heavy atom. The summed E-state index contributed by atoms with van der Waals surface area (Å²) >= 11 is 0. The van der Waals surface area contributed by atoms with Gasteiger partial charge in [-0.15, -0.1) is 0 Å². The first kappa shape index (κ1) is 17.7. The highest BCUT2D eigenvalue weighted by molar-refractivity contribution is 5.99. The van der Waals surface area contributed by atoms with Gasteiger partial charge in [0.25, 0.3) is 11.6 Å². The van der Waals surface area contributed by atoms with E-state index in [9.17, 15) is 19.7 Å². The van der Waals surface area contributed by atoms with Crippen LogP contribution in [-0.2, 0) is 4.74 Å². The summed E-state index contributed by atoms with van der Waals surface area (Å²) in [5, 5.41) is 13.5. The van der Waals surface area contributed by atoms with Gasteiger partial charge >= 0.3 is 5.97 Å². The van der Waals surface area contributed by atoms with Gasteiger partial charge in [0.05, 0.1) is 24.1 Å². The molecule has 1 amide bonds. The van der Waals surface area contributed by atoms with Gasteiger partial charge in [0.1, 0.15) is 0 Å². The van der Waals surface area contributed by atoms with Crippen LogP contribution in [0.25, 0.3) is 0 Å². The van der Waals surface area contributed by atoms with Gasteiger partial charge in [0.2, 0.25) is 0 Å². The number of non-ortho nitro benzene ring substituents is 1. The maximum absolute atomic E-state index is 12.1. The van der Waals surface area contributed by atoms with Crippen molar-refractivity contribution < 1.29 is 19.2 Å². The monoisotopic (exact) mass is 338 g/mol. The Kier molecular flexibility index (Phi) is 5.85. The number of methoxy groups -OCH3 is 1. The number of nitrogens with zero attached hydrogens (tertiary/aromatic N) is 1. The van der Waals surface area contributed by atoms with Crippen LogP contribution in [0.4, 0.5) is 5.69 Å². The summed E-state index contributed by atoms with van der Waals surface area (Å²) in [6.45, 7) is 0.0595. The fourth-order valence-corrected chi connectivity index (χ4v) is 1.98. The zero-order valence-electron chi connectivity index (χ0n) is 13.3. The molecule has 0 bridgehead atoms. The summed E-state index contributed by atoms with van der Waals surface area (Å²) < 4.78 is 4.54. The Hall–Kier alpha value is -3.66. The third-order valence-electron chi connectivity index (χ3n) is 3.16. The number of nitro groups is 1. The van der Waals surface area contributed by atoms with Gasteiger partial charge < -0.3 is 10.1 Å². The van der Waals surface area contributed by atoms with Crippen LogP contribution in [0.1, 0.15) is 26.3 Å². The van der Waals surface area contributed by atoms with Crippen molar-refractivity contribution in [2.75, 3.05) is 13.7 Å². The summed E-state index contributed by atoms with van der Waals surface area (Å²) in [6.07, 6.45) is 0. The summed E-state index contributed by atoms with van der Waals surface area (Å²) in [5.74, 6) is 4.32. The molecule has 0 radical (unpaired) electrons. The maximum atomic E-state index is 12.1. The number of hydrogen-bond acceptors (Lipinski definition) is 5. The van der Waals surface area contributed by atoms with E-state index < -0.39 is 16.8 Å². The van der Waals surface area contributed by atoms with Crippen LogP contribution >= 0.6 is 0 Å². The van der Waals surface area contributed by atoms with Crippen LogP contribution in [0.3, 0.4) is 0 Å². The molecule has 0 aliphatic rings. The lowest BCUT2D eigenvalue weighted by Crippen LogP contribution is -2.24. The number of carbonyl (C=O) groups is 2. The van der Waals surface area contributed by atoms with Gasteiger partial charge in [0, 0.05) is 23.3 Å². The number of esters is 1. The molecule has 0 atom stereocenters. The molecule has 0 heterocycles. The fourth-order valence-electron chi connectivity index (χ4n) is 1.98. The van der Waals surface area contributed by atoms with E-state index >= 15 is 0 Å². The molecule has 0 aliphatic heterocycles. The average Bonchev–Trinajstić information content (AvgIpc) is 2.64. The minimum atomic E-state index is -0.762. The van der Waals surface area contributed by atoms with Crippen LogP contribution in [0, 0.1) is 22.0 Å². The molecular weight excluding hydrogens is 324 g/mol. The third kappa shape index (κ3) is 4.91. The largest absolute Gasteiger partial charge is 0.465 e. The number of nitrogens with one attached hydrogen (secondary N) is 1. The van der Waals surface area contributed by atoms with E-state index in [1.54, 1.807) is 0 Å². The van der Waals surface area contributed by atoms with E-state index in [0.29, 0.717) is 0 Å². The molecule has 2 aromatic rings. The third-order valence-corrected chi connectivity index (χ3v) is 3.16. The summed E-state index contributed by atoms with van der Waals surface area (Å²) in [6, 6.07) is 12.6. The number of benzene rings is 2. The zero-order chi connectivity index (χ0) is 18.2. The highest BCUT2D eigenvalue weighted by atomic mass is 16.6. The van der Waals surface area contributed by atoms with Crippen molar-refractivity contribution >= 4 is 17.6 Å². The molecule has 7 heteroatoms. The molecule has 0 fully saturated rings. The molecule has 0 aliphatic carbocycles. The minimum absolute atomic E-state index is 0.0175. The van der Waals surface area contributed by atoms with E-state index in [1.165, 1.54) is 6.07 Å². The van der Waals surface area contributed by atoms with Crippen molar-refractivity contribution in [3.05, 3.63) is 75.3 Å². The molecular formula is C18H14N2O5. The predicted molar refractivity (Wildman–Crippen MR) is 90.1 cm³/mol. The van der Waals surface area contributed by atoms with E-state index in [2.05, 4.69) is 21.9 Å². The number of carbonyl (C=O) groups excluding carboxylic acids is 2. The smallest absolute Gasteiger partial charge is 0.338 e. The number of nitro benzene ring substituents is 1. The number of rotatable bonds is 4. The van der Waals surface area contributed by atoms with Crippen LogP contribution < -0.4 is 5.32 Å². The van der Waals surface area contributed by atoms with Crippen LogP contribution in [0.15, 0.2) is 48.5 Å². The number of amides is 1. The number of hydrogen-bond donors (Lipinski definition) is 1. The molecule has 25 heavy (non-hydrogen) atoms. The molecule has 0 saturated heterocycles. The fraction of sp³-hybridized carbons (Fsp3) is 0.111. The Morgan fingerprint density at radius 2 is 1.84 bits per heavy atom. The molecule has 0 spiro atoms. The Bertz CT molecular complexity index is 866. The standard InChI is InChI=1S/C18H14N2O5/c1-25-18(22)15-10-14(11-16(12-15)20(23)24)17(21)19-9-5-8-13-6-3-2-4-7-13/h2-4,6-7,10-12H,9H2,1H3,(H,19,21). The molecule has 0 aromatic heterocycles. The molecule has 126 valence electrons. The van der Waals surface area contributed by atoms with Gasteiger partial charge in [-0.1, -0.05) is 30.0 Å². The second-order valence-electron chi connectivity index (χ2n) is 4.87. The normalized spacial score (nSPS) is 9.48. The van der Waals surface area contributed by atoms with Gasteiger partial charge in [-0.25, -0.2) is 4.79 Å². The van der Waals surface area contributed by atoms with Gasteiger partial charge in [-0.05, 0) is 18.2 Å². The molecule has 0 unspecified atom stereocenters. The lowest BCUT2D eigenvalue weighted by Gasteiger charge is -2.05. The maximum Gasteiger partial charge on any atom is 0.338 e. The summed E-state index contributed by atoms with van der Waals surface area (Å²) in [7, 11) is 1.15. The van der Waals surface area contributed by atoms with Gasteiger partial charge in [0.15, 0.2) is 0 Å². The average molecular weight is 338 g/mol. The Balaban J connectivity index is 2.13. The highest BCUT2D eigenvalue weighted by Gasteiger charge is 2.18. The Morgan fingerprint density at radius 1 is 1.16 bits per heavy atom. The van der Waals surface area contributed by atoms with Gasteiger partial charge in [-0.3, -0.25) is 14.9 Å². The first-order valence-corrected chi connectivity index (χ1v) is 7.21. The lowest BCUT2D eigenvalue weighted by molar-refractivity contribution is -0.384. The lowest BCUT2D eigenvalue weighted by atomic mass is 10.1. The second kappa shape index (κ2) is 8.26. The Labute approximate surface area is 143 Å². The SMILES string of the molecule is COC(=O)c1cc(C(=O)NCC#Cc2ccccc2)cc([N+](=O)[O-])c1. The quantitative estimate of drug-likeness (QED) is 0.399. The van der Waals surface area contributed by atoms with E-state index in [-0.39, 0.29) is 23.4 Å². The van der Waals surface area contributed by atoms with Crippen LogP contribution in [0.5, 0.6) is 0 Å².